The lowest BCUT2D eigenvalue weighted by atomic mass is 9.91. The molecule has 2 heterocycles. The van der Waals surface area contributed by atoms with Gasteiger partial charge in [0.05, 0.1) is 5.52 Å². The van der Waals surface area contributed by atoms with Gasteiger partial charge in [0.2, 0.25) is 0 Å². The second kappa shape index (κ2) is 8.14. The summed E-state index contributed by atoms with van der Waals surface area (Å²) in [5.74, 6) is 0. The van der Waals surface area contributed by atoms with E-state index < -0.39 is 0 Å². The number of pyridine rings is 1. The van der Waals surface area contributed by atoms with Gasteiger partial charge in [0.1, 0.15) is 0 Å². The van der Waals surface area contributed by atoms with Crippen LogP contribution in [-0.2, 0) is 19.5 Å². The van der Waals surface area contributed by atoms with E-state index in [-0.39, 0.29) is 12.4 Å². The second-order valence-corrected chi connectivity index (χ2v) is 7.24. The van der Waals surface area contributed by atoms with Crippen molar-refractivity contribution in [2.24, 2.45) is 0 Å². The van der Waals surface area contributed by atoms with Gasteiger partial charge in [0.15, 0.2) is 0 Å². The molecule has 0 atom stereocenters. The van der Waals surface area contributed by atoms with Gasteiger partial charge in [-0.3, -0.25) is 9.88 Å². The van der Waals surface area contributed by atoms with Crippen LogP contribution in [0.25, 0.3) is 22.0 Å². The molecule has 0 N–H and O–H groups in total. The van der Waals surface area contributed by atoms with E-state index in [4.69, 9.17) is 4.98 Å². The molecule has 2 nitrogen and oxygen atoms in total. The van der Waals surface area contributed by atoms with Gasteiger partial charge in [-0.05, 0) is 28.3 Å². The summed E-state index contributed by atoms with van der Waals surface area (Å²) in [5, 5.41) is 1.25. The van der Waals surface area contributed by atoms with E-state index >= 15 is 0 Å². The van der Waals surface area contributed by atoms with E-state index in [1.807, 2.05) is 0 Å². The summed E-state index contributed by atoms with van der Waals surface area (Å²) < 4.78 is 0. The van der Waals surface area contributed by atoms with Gasteiger partial charge in [0, 0.05) is 37.1 Å². The summed E-state index contributed by atoms with van der Waals surface area (Å²) >= 11 is 0. The number of hydrogen-bond acceptors (Lipinski definition) is 2. The molecule has 0 saturated heterocycles. The zero-order valence-electron chi connectivity index (χ0n) is 15.7. The molecule has 1 aliphatic rings. The van der Waals surface area contributed by atoms with E-state index in [0.29, 0.717) is 0 Å². The van der Waals surface area contributed by atoms with Crippen LogP contribution in [0.3, 0.4) is 0 Å². The maximum Gasteiger partial charge on any atom is 0.0711 e. The highest BCUT2D eigenvalue weighted by molar-refractivity contribution is 5.96. The molecule has 0 fully saturated rings. The number of halogens is 1. The minimum Gasteiger partial charge on any atom is -0.294 e. The van der Waals surface area contributed by atoms with Crippen LogP contribution in [0, 0.1) is 0 Å². The van der Waals surface area contributed by atoms with E-state index in [2.05, 4.69) is 89.8 Å². The van der Waals surface area contributed by atoms with Gasteiger partial charge in [-0.2, -0.15) is 0 Å². The molecule has 0 saturated carbocycles. The van der Waals surface area contributed by atoms with E-state index in [0.717, 1.165) is 31.6 Å². The predicted molar refractivity (Wildman–Crippen MR) is 119 cm³/mol. The van der Waals surface area contributed by atoms with Crippen molar-refractivity contribution in [3.63, 3.8) is 0 Å². The molecule has 3 heteroatoms. The number of fused-ring (bicyclic) bond motifs is 2. The first kappa shape index (κ1) is 18.7. The lowest BCUT2D eigenvalue weighted by Gasteiger charge is -2.30. The molecular weight excluding hydrogens is 364 g/mol. The summed E-state index contributed by atoms with van der Waals surface area (Å²) in [6.45, 7) is 3.00. The normalized spacial score (nSPS) is 13.7. The number of aromatic nitrogens is 1. The fraction of sp³-hybridized carbons (Fsp3) is 0.160. The van der Waals surface area contributed by atoms with Crippen molar-refractivity contribution >= 4 is 23.3 Å². The van der Waals surface area contributed by atoms with Gasteiger partial charge >= 0.3 is 0 Å². The van der Waals surface area contributed by atoms with Gasteiger partial charge in [-0.15, -0.1) is 12.4 Å². The first-order valence-corrected chi connectivity index (χ1v) is 9.61. The fourth-order valence-corrected chi connectivity index (χ4v) is 4.16. The number of para-hydroxylation sites is 1. The molecule has 3 aromatic carbocycles. The first-order valence-electron chi connectivity index (χ1n) is 9.61. The minimum absolute atomic E-state index is 0. The van der Waals surface area contributed by atoms with Crippen LogP contribution in [0.15, 0.2) is 84.9 Å². The largest absolute Gasteiger partial charge is 0.294 e. The van der Waals surface area contributed by atoms with Crippen molar-refractivity contribution in [1.82, 2.24) is 9.88 Å². The third-order valence-electron chi connectivity index (χ3n) is 5.44. The van der Waals surface area contributed by atoms with Crippen molar-refractivity contribution in [3.8, 4) is 11.1 Å². The Bertz CT molecular complexity index is 1080. The lowest BCUT2D eigenvalue weighted by molar-refractivity contribution is 0.244. The molecule has 0 spiro atoms. The maximum absolute atomic E-state index is 5.02. The summed E-state index contributed by atoms with van der Waals surface area (Å²) in [6.07, 6.45) is 1.01. The summed E-state index contributed by atoms with van der Waals surface area (Å²) in [4.78, 5) is 7.56. The molecule has 1 aliphatic heterocycles. The molecule has 0 unspecified atom stereocenters. The predicted octanol–water partition coefficient (Wildman–Crippen LogP) is 5.88. The number of benzene rings is 3. The Balaban J connectivity index is 0.00000192. The quantitative estimate of drug-likeness (QED) is 0.437. The molecule has 5 rings (SSSR count). The van der Waals surface area contributed by atoms with Crippen molar-refractivity contribution in [2.45, 2.75) is 19.5 Å². The molecule has 0 amide bonds. The average molecular weight is 387 g/mol. The molecule has 0 bridgehead atoms. The van der Waals surface area contributed by atoms with Gasteiger partial charge in [-0.25, -0.2) is 0 Å². The minimum atomic E-state index is 0. The van der Waals surface area contributed by atoms with Crippen LogP contribution >= 0.6 is 12.4 Å². The number of rotatable bonds is 3. The molecule has 1 aromatic heterocycles. The standard InChI is InChI=1S/C25H22N2.ClH/c1-3-9-19(10-4-1)17-27-16-15-24-22(18-27)25(20-11-5-2-6-12-20)21-13-7-8-14-23(21)26-24;/h1-14H,15-18H2;1H. The van der Waals surface area contributed by atoms with Crippen LogP contribution in [0.2, 0.25) is 0 Å². The molecule has 140 valence electrons. The monoisotopic (exact) mass is 386 g/mol. The highest BCUT2D eigenvalue weighted by Gasteiger charge is 2.23. The topological polar surface area (TPSA) is 16.1 Å². The van der Waals surface area contributed by atoms with Gasteiger partial charge in [0.25, 0.3) is 0 Å². The van der Waals surface area contributed by atoms with Crippen molar-refractivity contribution in [1.29, 1.82) is 0 Å². The smallest absolute Gasteiger partial charge is 0.0711 e. The summed E-state index contributed by atoms with van der Waals surface area (Å²) in [5.41, 5.74) is 7.77. The summed E-state index contributed by atoms with van der Waals surface area (Å²) in [7, 11) is 0. The SMILES string of the molecule is Cl.c1ccc(CN2CCc3nc4ccccc4c(-c4ccccc4)c3C2)cc1. The fourth-order valence-electron chi connectivity index (χ4n) is 4.16. The van der Waals surface area contributed by atoms with Gasteiger partial charge in [-0.1, -0.05) is 78.9 Å². The van der Waals surface area contributed by atoms with Crippen molar-refractivity contribution in [2.75, 3.05) is 6.54 Å². The highest BCUT2D eigenvalue weighted by atomic mass is 35.5. The molecule has 0 radical (unpaired) electrons. The third-order valence-corrected chi connectivity index (χ3v) is 5.44. The van der Waals surface area contributed by atoms with E-state index in [1.165, 1.54) is 33.3 Å². The number of nitrogens with zero attached hydrogens (tertiary/aromatic N) is 2. The van der Waals surface area contributed by atoms with E-state index in [9.17, 15) is 0 Å². The zero-order valence-corrected chi connectivity index (χ0v) is 16.5. The molecule has 0 aliphatic carbocycles. The number of hydrogen-bond donors (Lipinski definition) is 0. The molecular formula is C25H23ClN2. The summed E-state index contributed by atoms with van der Waals surface area (Å²) in [6, 6.07) is 30.1. The Labute approximate surface area is 172 Å². The first-order chi connectivity index (χ1) is 13.4. The average Bonchev–Trinajstić information content (AvgIpc) is 2.73. The van der Waals surface area contributed by atoms with E-state index in [1.54, 1.807) is 0 Å². The third kappa shape index (κ3) is 3.54. The Hall–Kier alpha value is -2.68. The zero-order chi connectivity index (χ0) is 18.1. The Morgan fingerprint density at radius 3 is 2.25 bits per heavy atom. The van der Waals surface area contributed by atoms with Crippen LogP contribution < -0.4 is 0 Å². The second-order valence-electron chi connectivity index (χ2n) is 7.24. The molecule has 4 aromatic rings. The Morgan fingerprint density at radius 1 is 0.786 bits per heavy atom. The van der Waals surface area contributed by atoms with Gasteiger partial charge < -0.3 is 0 Å². The Kier molecular flexibility index (Phi) is 5.43. The van der Waals surface area contributed by atoms with Crippen LogP contribution in [0.1, 0.15) is 16.8 Å². The highest BCUT2D eigenvalue weighted by Crippen LogP contribution is 2.35. The van der Waals surface area contributed by atoms with Crippen LogP contribution in [0.4, 0.5) is 0 Å². The Morgan fingerprint density at radius 2 is 1.46 bits per heavy atom. The van der Waals surface area contributed by atoms with Crippen molar-refractivity contribution in [3.05, 3.63) is 102 Å². The van der Waals surface area contributed by atoms with Crippen molar-refractivity contribution < 1.29 is 0 Å². The maximum atomic E-state index is 5.02. The van der Waals surface area contributed by atoms with Crippen LogP contribution in [-0.4, -0.2) is 16.4 Å². The van der Waals surface area contributed by atoms with Crippen LogP contribution in [0.5, 0.6) is 0 Å². The molecule has 28 heavy (non-hydrogen) atoms. The lowest BCUT2D eigenvalue weighted by Crippen LogP contribution is -2.31.